The molecule has 1 heterocycles. The number of pyridine rings is 1. The first-order valence-electron chi connectivity index (χ1n) is 7.98. The molecular formula is C19H23N3O2. The first-order valence-corrected chi connectivity index (χ1v) is 7.98. The van der Waals surface area contributed by atoms with Crippen molar-refractivity contribution in [2.24, 2.45) is 0 Å². The van der Waals surface area contributed by atoms with Crippen molar-refractivity contribution in [2.45, 2.75) is 33.7 Å². The first-order chi connectivity index (χ1) is 11.5. The van der Waals surface area contributed by atoms with E-state index in [9.17, 15) is 9.59 Å². The summed E-state index contributed by atoms with van der Waals surface area (Å²) in [5, 5.41) is 2.95. The number of benzene rings is 1. The Hall–Kier alpha value is -2.69. The van der Waals surface area contributed by atoms with Crippen molar-refractivity contribution in [3.63, 3.8) is 0 Å². The van der Waals surface area contributed by atoms with Crippen molar-refractivity contribution < 1.29 is 9.59 Å². The molecule has 5 heteroatoms. The fraction of sp³-hybridized carbons (Fsp3) is 0.316. The van der Waals surface area contributed by atoms with E-state index in [4.69, 9.17) is 0 Å². The monoisotopic (exact) mass is 325 g/mol. The molecule has 2 amide bonds. The van der Waals surface area contributed by atoms with E-state index >= 15 is 0 Å². The molecular weight excluding hydrogens is 302 g/mol. The molecule has 2 rings (SSSR count). The van der Waals surface area contributed by atoms with E-state index in [1.165, 1.54) is 6.92 Å². The number of amides is 2. The standard InChI is InChI=1S/C19H23N3O2/c1-14-5-4-6-15(2)19(14)21-18(24)9-12-22(16(3)23)13-17-7-10-20-11-8-17/h4-8,10-11H,9,12-13H2,1-3H3,(H,21,24). The van der Waals surface area contributed by atoms with Crippen LogP contribution in [0, 0.1) is 13.8 Å². The lowest BCUT2D eigenvalue weighted by Crippen LogP contribution is -2.31. The number of rotatable bonds is 6. The van der Waals surface area contributed by atoms with Gasteiger partial charge in [0.15, 0.2) is 0 Å². The normalized spacial score (nSPS) is 10.3. The maximum atomic E-state index is 12.2. The zero-order valence-electron chi connectivity index (χ0n) is 14.4. The number of aryl methyl sites for hydroxylation is 2. The van der Waals surface area contributed by atoms with Gasteiger partial charge in [-0.15, -0.1) is 0 Å². The van der Waals surface area contributed by atoms with Crippen molar-refractivity contribution in [3.8, 4) is 0 Å². The Morgan fingerprint density at radius 2 is 1.71 bits per heavy atom. The molecule has 0 saturated carbocycles. The summed E-state index contributed by atoms with van der Waals surface area (Å²) in [5.41, 5.74) is 3.91. The van der Waals surface area contributed by atoms with Crippen LogP contribution in [-0.4, -0.2) is 28.2 Å². The number of anilines is 1. The zero-order chi connectivity index (χ0) is 17.5. The molecule has 0 fully saturated rings. The third-order valence-corrected chi connectivity index (χ3v) is 3.92. The van der Waals surface area contributed by atoms with Gasteiger partial charge in [-0.3, -0.25) is 14.6 Å². The third-order valence-electron chi connectivity index (χ3n) is 3.92. The summed E-state index contributed by atoms with van der Waals surface area (Å²) >= 11 is 0. The molecule has 0 aliphatic heterocycles. The van der Waals surface area contributed by atoms with Crippen LogP contribution >= 0.6 is 0 Å². The Kier molecular flexibility index (Phi) is 6.07. The van der Waals surface area contributed by atoms with Gasteiger partial charge in [-0.1, -0.05) is 18.2 Å². The second-order valence-corrected chi connectivity index (χ2v) is 5.86. The van der Waals surface area contributed by atoms with E-state index in [0.717, 1.165) is 22.4 Å². The number of aromatic nitrogens is 1. The molecule has 0 aliphatic carbocycles. The fourth-order valence-electron chi connectivity index (χ4n) is 2.51. The van der Waals surface area contributed by atoms with Crippen LogP contribution in [0.2, 0.25) is 0 Å². The Morgan fingerprint density at radius 3 is 2.29 bits per heavy atom. The lowest BCUT2D eigenvalue weighted by atomic mass is 10.1. The molecule has 0 unspecified atom stereocenters. The summed E-state index contributed by atoms with van der Waals surface area (Å²) in [7, 11) is 0. The number of hydrogen-bond donors (Lipinski definition) is 1. The molecule has 1 aromatic carbocycles. The van der Waals surface area contributed by atoms with Gasteiger partial charge in [0.1, 0.15) is 0 Å². The molecule has 2 aromatic rings. The van der Waals surface area contributed by atoms with E-state index in [0.29, 0.717) is 13.1 Å². The van der Waals surface area contributed by atoms with Gasteiger partial charge < -0.3 is 10.2 Å². The van der Waals surface area contributed by atoms with Crippen LogP contribution in [0.5, 0.6) is 0 Å². The van der Waals surface area contributed by atoms with Crippen molar-refractivity contribution in [2.75, 3.05) is 11.9 Å². The van der Waals surface area contributed by atoms with Crippen molar-refractivity contribution in [1.82, 2.24) is 9.88 Å². The molecule has 1 aromatic heterocycles. The number of nitrogens with zero attached hydrogens (tertiary/aromatic N) is 2. The van der Waals surface area contributed by atoms with Gasteiger partial charge in [0.25, 0.3) is 0 Å². The Morgan fingerprint density at radius 1 is 1.08 bits per heavy atom. The number of para-hydroxylation sites is 1. The summed E-state index contributed by atoms with van der Waals surface area (Å²) in [6, 6.07) is 9.63. The average Bonchev–Trinajstić information content (AvgIpc) is 2.55. The highest BCUT2D eigenvalue weighted by atomic mass is 16.2. The molecule has 1 N–H and O–H groups in total. The quantitative estimate of drug-likeness (QED) is 0.888. The van der Waals surface area contributed by atoms with Gasteiger partial charge in [0.2, 0.25) is 11.8 Å². The Bertz CT molecular complexity index is 694. The van der Waals surface area contributed by atoms with Gasteiger partial charge in [0.05, 0.1) is 0 Å². The van der Waals surface area contributed by atoms with E-state index < -0.39 is 0 Å². The van der Waals surface area contributed by atoms with Gasteiger partial charge in [0, 0.05) is 44.5 Å². The number of carbonyl (C=O) groups excluding carboxylic acids is 2. The molecule has 0 spiro atoms. The zero-order valence-corrected chi connectivity index (χ0v) is 14.4. The summed E-state index contributed by atoms with van der Waals surface area (Å²) in [6.07, 6.45) is 3.65. The van der Waals surface area contributed by atoms with Crippen LogP contribution in [-0.2, 0) is 16.1 Å². The molecule has 0 aliphatic rings. The molecule has 0 saturated heterocycles. The van der Waals surface area contributed by atoms with E-state index in [1.807, 2.05) is 44.2 Å². The van der Waals surface area contributed by atoms with Crippen LogP contribution in [0.25, 0.3) is 0 Å². The summed E-state index contributed by atoms with van der Waals surface area (Å²) in [6.45, 7) is 6.31. The first kappa shape index (κ1) is 17.7. The lowest BCUT2D eigenvalue weighted by Gasteiger charge is -2.21. The second-order valence-electron chi connectivity index (χ2n) is 5.86. The molecule has 0 radical (unpaired) electrons. The third kappa shape index (κ3) is 4.91. The topological polar surface area (TPSA) is 62.3 Å². The number of carbonyl (C=O) groups is 2. The molecule has 0 atom stereocenters. The SMILES string of the molecule is CC(=O)N(CCC(=O)Nc1c(C)cccc1C)Cc1ccncc1. The minimum absolute atomic E-state index is 0.0494. The number of nitrogens with one attached hydrogen (secondary N) is 1. The van der Waals surface area contributed by atoms with Crippen LogP contribution < -0.4 is 5.32 Å². The van der Waals surface area contributed by atoms with Crippen LogP contribution in [0.1, 0.15) is 30.0 Å². The second kappa shape index (κ2) is 8.24. The predicted octanol–water partition coefficient (Wildman–Crippen LogP) is 3.08. The highest BCUT2D eigenvalue weighted by Crippen LogP contribution is 2.19. The number of hydrogen-bond acceptors (Lipinski definition) is 3. The maximum Gasteiger partial charge on any atom is 0.226 e. The molecule has 5 nitrogen and oxygen atoms in total. The predicted molar refractivity (Wildman–Crippen MR) is 94.5 cm³/mol. The summed E-state index contributed by atoms with van der Waals surface area (Å²) < 4.78 is 0. The van der Waals surface area contributed by atoms with Crippen LogP contribution in [0.15, 0.2) is 42.7 Å². The van der Waals surface area contributed by atoms with Crippen molar-refractivity contribution in [1.29, 1.82) is 0 Å². The Labute approximate surface area is 142 Å². The van der Waals surface area contributed by atoms with Gasteiger partial charge in [-0.2, -0.15) is 0 Å². The van der Waals surface area contributed by atoms with Gasteiger partial charge in [-0.25, -0.2) is 0 Å². The lowest BCUT2D eigenvalue weighted by molar-refractivity contribution is -0.129. The van der Waals surface area contributed by atoms with E-state index in [2.05, 4.69) is 10.3 Å². The van der Waals surface area contributed by atoms with Gasteiger partial charge >= 0.3 is 0 Å². The van der Waals surface area contributed by atoms with Crippen LogP contribution in [0.4, 0.5) is 5.69 Å². The van der Waals surface area contributed by atoms with Crippen molar-refractivity contribution in [3.05, 3.63) is 59.4 Å². The fourth-order valence-corrected chi connectivity index (χ4v) is 2.51. The van der Waals surface area contributed by atoms with E-state index in [1.54, 1.807) is 17.3 Å². The van der Waals surface area contributed by atoms with Crippen molar-refractivity contribution >= 4 is 17.5 Å². The molecule has 0 bridgehead atoms. The molecule has 126 valence electrons. The van der Waals surface area contributed by atoms with Gasteiger partial charge in [-0.05, 0) is 42.7 Å². The summed E-state index contributed by atoms with van der Waals surface area (Å²) in [4.78, 5) is 29.7. The minimum atomic E-state index is -0.0895. The smallest absolute Gasteiger partial charge is 0.226 e. The highest BCUT2D eigenvalue weighted by Gasteiger charge is 2.13. The molecule has 24 heavy (non-hydrogen) atoms. The summed E-state index contributed by atoms with van der Waals surface area (Å²) in [5.74, 6) is -0.139. The average molecular weight is 325 g/mol. The van der Waals surface area contributed by atoms with Crippen LogP contribution in [0.3, 0.4) is 0 Å². The van der Waals surface area contributed by atoms with E-state index in [-0.39, 0.29) is 18.2 Å². The highest BCUT2D eigenvalue weighted by molar-refractivity contribution is 5.92. The minimum Gasteiger partial charge on any atom is -0.338 e. The maximum absolute atomic E-state index is 12.2. The largest absolute Gasteiger partial charge is 0.338 e. The Balaban J connectivity index is 1.94.